The average Bonchev–Trinajstić information content (AvgIpc) is 2.69. The van der Waals surface area contributed by atoms with Crippen molar-refractivity contribution in [2.24, 2.45) is 5.41 Å². The lowest BCUT2D eigenvalue weighted by Crippen LogP contribution is -2.67. The van der Waals surface area contributed by atoms with E-state index >= 15 is 0 Å². The fourth-order valence-corrected chi connectivity index (χ4v) is 3.53. The molecule has 0 aromatic rings. The quantitative estimate of drug-likeness (QED) is 0.810. The van der Waals surface area contributed by atoms with E-state index in [0.717, 1.165) is 0 Å². The highest BCUT2D eigenvalue weighted by atomic mass is 15.3. The van der Waals surface area contributed by atoms with Crippen LogP contribution in [0.2, 0.25) is 0 Å². The Morgan fingerprint density at radius 2 is 1.72 bits per heavy atom. The van der Waals surface area contributed by atoms with Gasteiger partial charge in [0.25, 0.3) is 0 Å². The molecule has 0 atom stereocenters. The zero-order chi connectivity index (χ0) is 13.4. The van der Waals surface area contributed by atoms with Crippen LogP contribution in [0.3, 0.4) is 0 Å². The van der Waals surface area contributed by atoms with Crippen LogP contribution in [0.1, 0.15) is 66.7 Å². The molecular formula is C16H32N2. The van der Waals surface area contributed by atoms with Gasteiger partial charge in [0, 0.05) is 24.2 Å². The molecule has 18 heavy (non-hydrogen) atoms. The topological polar surface area (TPSA) is 15.3 Å². The summed E-state index contributed by atoms with van der Waals surface area (Å²) in [5.74, 6) is 0. The molecule has 106 valence electrons. The summed E-state index contributed by atoms with van der Waals surface area (Å²) in [6, 6.07) is 0. The van der Waals surface area contributed by atoms with Gasteiger partial charge in [-0.3, -0.25) is 4.90 Å². The van der Waals surface area contributed by atoms with Crippen molar-refractivity contribution in [2.75, 3.05) is 19.6 Å². The number of piperazine rings is 1. The van der Waals surface area contributed by atoms with Crippen molar-refractivity contribution in [3.05, 3.63) is 0 Å². The van der Waals surface area contributed by atoms with Gasteiger partial charge in [-0.2, -0.15) is 0 Å². The predicted molar refractivity (Wildman–Crippen MR) is 78.9 cm³/mol. The van der Waals surface area contributed by atoms with Crippen LogP contribution in [0.25, 0.3) is 0 Å². The number of nitrogens with zero attached hydrogens (tertiary/aromatic N) is 1. The van der Waals surface area contributed by atoms with Crippen molar-refractivity contribution in [1.82, 2.24) is 10.2 Å². The first-order valence-corrected chi connectivity index (χ1v) is 7.73. The Bertz CT molecular complexity index is 282. The van der Waals surface area contributed by atoms with Crippen molar-refractivity contribution in [3.8, 4) is 0 Å². The zero-order valence-corrected chi connectivity index (χ0v) is 13.1. The van der Waals surface area contributed by atoms with E-state index < -0.39 is 0 Å². The second-order valence-corrected chi connectivity index (χ2v) is 8.40. The molecule has 1 aliphatic carbocycles. The molecule has 2 fully saturated rings. The number of hydrogen-bond donors (Lipinski definition) is 1. The monoisotopic (exact) mass is 252 g/mol. The second-order valence-electron chi connectivity index (χ2n) is 8.40. The molecule has 2 aliphatic rings. The van der Waals surface area contributed by atoms with Crippen LogP contribution < -0.4 is 5.32 Å². The summed E-state index contributed by atoms with van der Waals surface area (Å²) >= 11 is 0. The van der Waals surface area contributed by atoms with Gasteiger partial charge in [-0.25, -0.2) is 0 Å². The molecule has 1 spiro atoms. The maximum atomic E-state index is 3.78. The summed E-state index contributed by atoms with van der Waals surface area (Å²) in [5, 5.41) is 3.78. The number of rotatable bonds is 2. The Kier molecular flexibility index (Phi) is 3.81. The van der Waals surface area contributed by atoms with E-state index in [1.54, 1.807) is 0 Å². The lowest BCUT2D eigenvalue weighted by Gasteiger charge is -2.52. The molecule has 1 aliphatic heterocycles. The minimum atomic E-state index is 0.283. The lowest BCUT2D eigenvalue weighted by atomic mass is 9.85. The van der Waals surface area contributed by atoms with Crippen molar-refractivity contribution in [3.63, 3.8) is 0 Å². The minimum Gasteiger partial charge on any atom is -0.309 e. The van der Waals surface area contributed by atoms with Gasteiger partial charge in [0.05, 0.1) is 0 Å². The Hall–Kier alpha value is -0.0800. The van der Waals surface area contributed by atoms with Crippen LogP contribution in [0, 0.1) is 5.41 Å². The van der Waals surface area contributed by atoms with E-state index in [-0.39, 0.29) is 5.54 Å². The van der Waals surface area contributed by atoms with E-state index in [1.165, 1.54) is 51.7 Å². The normalized spacial score (nSPS) is 27.8. The van der Waals surface area contributed by atoms with Crippen LogP contribution >= 0.6 is 0 Å². The smallest absolute Gasteiger partial charge is 0.0334 e. The maximum absolute atomic E-state index is 3.78. The molecule has 2 heteroatoms. The molecule has 1 N–H and O–H groups in total. The summed E-state index contributed by atoms with van der Waals surface area (Å²) in [5.41, 5.74) is 1.22. The molecule has 0 unspecified atom stereocenters. The summed E-state index contributed by atoms with van der Waals surface area (Å²) in [7, 11) is 0. The fraction of sp³-hybridized carbons (Fsp3) is 1.00. The van der Waals surface area contributed by atoms with Crippen LogP contribution in [0.4, 0.5) is 0 Å². The van der Waals surface area contributed by atoms with Gasteiger partial charge in [0.1, 0.15) is 0 Å². The summed E-state index contributed by atoms with van der Waals surface area (Å²) in [4.78, 5) is 2.82. The van der Waals surface area contributed by atoms with E-state index in [9.17, 15) is 0 Å². The Morgan fingerprint density at radius 1 is 1.11 bits per heavy atom. The first-order chi connectivity index (χ1) is 8.23. The van der Waals surface area contributed by atoms with Gasteiger partial charge in [-0.15, -0.1) is 0 Å². The Labute approximate surface area is 114 Å². The maximum Gasteiger partial charge on any atom is 0.0334 e. The van der Waals surface area contributed by atoms with Gasteiger partial charge in [-0.05, 0) is 45.1 Å². The van der Waals surface area contributed by atoms with Crippen LogP contribution in [-0.2, 0) is 0 Å². The van der Waals surface area contributed by atoms with Crippen molar-refractivity contribution >= 4 is 0 Å². The molecular weight excluding hydrogens is 220 g/mol. The van der Waals surface area contributed by atoms with Gasteiger partial charge >= 0.3 is 0 Å². The Balaban J connectivity index is 2.05. The Morgan fingerprint density at radius 3 is 2.28 bits per heavy atom. The molecule has 0 amide bonds. The highest BCUT2D eigenvalue weighted by molar-refractivity contribution is 5.04. The first kappa shape index (κ1) is 14.3. The van der Waals surface area contributed by atoms with Gasteiger partial charge in [0.2, 0.25) is 0 Å². The van der Waals surface area contributed by atoms with Crippen LogP contribution in [0.15, 0.2) is 0 Å². The van der Waals surface area contributed by atoms with Gasteiger partial charge in [-0.1, -0.05) is 33.6 Å². The van der Waals surface area contributed by atoms with Gasteiger partial charge < -0.3 is 5.32 Å². The molecule has 1 saturated heterocycles. The van der Waals surface area contributed by atoms with E-state index in [2.05, 4.69) is 44.8 Å². The lowest BCUT2D eigenvalue weighted by molar-refractivity contribution is 0.0117. The largest absolute Gasteiger partial charge is 0.309 e. The van der Waals surface area contributed by atoms with Crippen molar-refractivity contribution in [2.45, 2.75) is 77.8 Å². The van der Waals surface area contributed by atoms with Crippen molar-refractivity contribution < 1.29 is 0 Å². The molecule has 0 aromatic carbocycles. The molecule has 0 radical (unpaired) electrons. The highest BCUT2D eigenvalue weighted by Gasteiger charge is 2.45. The average molecular weight is 252 g/mol. The highest BCUT2D eigenvalue weighted by Crippen LogP contribution is 2.39. The third kappa shape index (κ3) is 3.27. The van der Waals surface area contributed by atoms with Crippen LogP contribution in [0.5, 0.6) is 0 Å². The van der Waals surface area contributed by atoms with E-state index in [4.69, 9.17) is 0 Å². The zero-order valence-electron chi connectivity index (χ0n) is 13.1. The summed E-state index contributed by atoms with van der Waals surface area (Å²) < 4.78 is 0. The summed E-state index contributed by atoms with van der Waals surface area (Å²) in [6.07, 6.45) is 6.97. The minimum absolute atomic E-state index is 0.283. The van der Waals surface area contributed by atoms with E-state index in [1.807, 2.05) is 0 Å². The number of nitrogens with one attached hydrogen (secondary N) is 1. The molecule has 2 rings (SSSR count). The van der Waals surface area contributed by atoms with Gasteiger partial charge in [0.15, 0.2) is 0 Å². The molecule has 1 saturated carbocycles. The van der Waals surface area contributed by atoms with Crippen LogP contribution in [-0.4, -0.2) is 35.6 Å². The molecule has 0 aromatic heterocycles. The first-order valence-electron chi connectivity index (χ1n) is 7.73. The summed E-state index contributed by atoms with van der Waals surface area (Å²) in [6.45, 7) is 15.5. The van der Waals surface area contributed by atoms with Crippen molar-refractivity contribution in [1.29, 1.82) is 0 Å². The fourth-order valence-electron chi connectivity index (χ4n) is 3.53. The molecule has 2 nitrogen and oxygen atoms in total. The third-order valence-electron chi connectivity index (χ3n) is 4.82. The predicted octanol–water partition coefficient (Wildman–Crippen LogP) is 3.42. The molecule has 0 bridgehead atoms. The number of hydrogen-bond acceptors (Lipinski definition) is 2. The second kappa shape index (κ2) is 4.79. The third-order valence-corrected chi connectivity index (χ3v) is 4.82. The molecule has 1 heterocycles. The van der Waals surface area contributed by atoms with E-state index in [0.29, 0.717) is 11.0 Å². The standard InChI is InChI=1S/C16H32N2/c1-14(2,3)10-11-18-13-15(4,5)17-12-16(18)8-6-7-9-16/h17H,6-13H2,1-5H3. The SMILES string of the molecule is CC(C)(C)CCN1CC(C)(C)NCC12CCCC2.